The van der Waals surface area contributed by atoms with E-state index in [0.29, 0.717) is 31.6 Å². The van der Waals surface area contributed by atoms with Crippen LogP contribution in [-0.2, 0) is 24.2 Å². The largest absolute Gasteiger partial charge is 0.497 e. The molecule has 7 heteroatoms. The van der Waals surface area contributed by atoms with Crippen molar-refractivity contribution in [3.8, 4) is 5.75 Å². The average molecular weight is 317 g/mol. The third-order valence-corrected chi connectivity index (χ3v) is 4.19. The van der Waals surface area contributed by atoms with Gasteiger partial charge in [-0.1, -0.05) is 12.1 Å². The summed E-state index contributed by atoms with van der Waals surface area (Å²) in [5, 5.41) is 13.6. The van der Waals surface area contributed by atoms with Gasteiger partial charge in [0.05, 0.1) is 13.7 Å². The highest BCUT2D eigenvalue weighted by Crippen LogP contribution is 2.21. The number of hydrogen-bond donors (Lipinski definition) is 1. The highest BCUT2D eigenvalue weighted by molar-refractivity contribution is 5.72. The van der Waals surface area contributed by atoms with E-state index in [9.17, 15) is 14.7 Å². The van der Waals surface area contributed by atoms with E-state index in [1.54, 1.807) is 7.11 Å². The Balaban J connectivity index is 1.79. The van der Waals surface area contributed by atoms with Gasteiger partial charge in [-0.15, -0.1) is 0 Å². The standard InChI is InChI=1S/C16H19N3O4/c1-23-12-7-5-11(6-8-12)9-10-18-16(22)19-13(15(20)21)3-2-4-14(19)17-18/h5-8,13H,2-4,9-10H2,1H3,(H,20,21). The maximum Gasteiger partial charge on any atom is 0.346 e. The van der Waals surface area contributed by atoms with Gasteiger partial charge >= 0.3 is 11.7 Å². The van der Waals surface area contributed by atoms with E-state index in [1.165, 1.54) is 9.25 Å². The van der Waals surface area contributed by atoms with Crippen molar-refractivity contribution in [2.45, 2.75) is 38.3 Å². The first kappa shape index (κ1) is 15.3. The van der Waals surface area contributed by atoms with Gasteiger partial charge in [0.25, 0.3) is 0 Å². The van der Waals surface area contributed by atoms with Gasteiger partial charge in [0, 0.05) is 6.42 Å². The zero-order chi connectivity index (χ0) is 16.4. The van der Waals surface area contributed by atoms with Crippen LogP contribution in [0, 0.1) is 0 Å². The molecule has 1 aromatic carbocycles. The quantitative estimate of drug-likeness (QED) is 0.897. The number of aryl methyl sites for hydroxylation is 3. The summed E-state index contributed by atoms with van der Waals surface area (Å²) in [7, 11) is 1.61. The summed E-state index contributed by atoms with van der Waals surface area (Å²) in [4.78, 5) is 23.7. The molecule has 0 fully saturated rings. The molecular formula is C16H19N3O4. The number of fused-ring (bicyclic) bond motifs is 1. The monoisotopic (exact) mass is 317 g/mol. The van der Waals surface area contributed by atoms with Gasteiger partial charge < -0.3 is 9.84 Å². The molecule has 0 saturated carbocycles. The fourth-order valence-electron chi connectivity index (χ4n) is 2.94. The Kier molecular flexibility index (Phi) is 4.18. The van der Waals surface area contributed by atoms with Crippen LogP contribution in [0.4, 0.5) is 0 Å². The van der Waals surface area contributed by atoms with Crippen molar-refractivity contribution in [3.63, 3.8) is 0 Å². The molecule has 0 saturated heterocycles. The molecule has 7 nitrogen and oxygen atoms in total. The maximum atomic E-state index is 12.4. The molecule has 2 heterocycles. The van der Waals surface area contributed by atoms with Crippen molar-refractivity contribution in [1.29, 1.82) is 0 Å². The Bertz CT molecular complexity index is 761. The molecular weight excluding hydrogens is 298 g/mol. The normalized spacial score (nSPS) is 16.8. The number of carboxylic acids is 1. The maximum absolute atomic E-state index is 12.4. The van der Waals surface area contributed by atoms with Gasteiger partial charge in [-0.3, -0.25) is 4.57 Å². The van der Waals surface area contributed by atoms with Crippen LogP contribution in [0.5, 0.6) is 5.75 Å². The minimum Gasteiger partial charge on any atom is -0.497 e. The van der Waals surface area contributed by atoms with Crippen LogP contribution in [0.3, 0.4) is 0 Å². The second kappa shape index (κ2) is 6.28. The number of aromatic nitrogens is 3. The van der Waals surface area contributed by atoms with Crippen LogP contribution in [0.2, 0.25) is 0 Å². The van der Waals surface area contributed by atoms with Crippen molar-refractivity contribution >= 4 is 5.97 Å². The Hall–Kier alpha value is -2.57. The summed E-state index contributed by atoms with van der Waals surface area (Å²) in [5.41, 5.74) is 0.735. The van der Waals surface area contributed by atoms with Crippen LogP contribution >= 0.6 is 0 Å². The number of methoxy groups -OCH3 is 1. The third-order valence-electron chi connectivity index (χ3n) is 4.19. The van der Waals surface area contributed by atoms with Gasteiger partial charge in [-0.25, -0.2) is 14.3 Å². The third kappa shape index (κ3) is 2.99. The predicted molar refractivity (Wildman–Crippen MR) is 82.8 cm³/mol. The Morgan fingerprint density at radius 3 is 2.78 bits per heavy atom. The molecule has 1 aliphatic heterocycles. The van der Waals surface area contributed by atoms with Crippen LogP contribution in [0.1, 0.15) is 30.3 Å². The lowest BCUT2D eigenvalue weighted by Gasteiger charge is -2.19. The molecule has 3 rings (SSSR count). The molecule has 1 atom stereocenters. The first-order valence-electron chi connectivity index (χ1n) is 7.64. The number of carbonyl (C=O) groups is 1. The summed E-state index contributed by atoms with van der Waals surface area (Å²) in [5.74, 6) is 0.388. The van der Waals surface area contributed by atoms with Gasteiger partial charge in [-0.05, 0) is 37.0 Å². The molecule has 0 radical (unpaired) electrons. The number of ether oxygens (including phenoxy) is 1. The average Bonchev–Trinajstić information content (AvgIpc) is 2.89. The van der Waals surface area contributed by atoms with Gasteiger partial charge in [0.15, 0.2) is 0 Å². The van der Waals surface area contributed by atoms with Gasteiger partial charge in [0.2, 0.25) is 0 Å². The molecule has 0 amide bonds. The minimum atomic E-state index is -0.970. The number of benzene rings is 1. The SMILES string of the molecule is COc1ccc(CCn2nc3n(c2=O)C(C(=O)O)CCC3)cc1. The fraction of sp³-hybridized carbons (Fsp3) is 0.438. The summed E-state index contributed by atoms with van der Waals surface area (Å²) in [6.07, 6.45) is 2.52. The van der Waals surface area contributed by atoms with Crippen LogP contribution in [0.15, 0.2) is 29.1 Å². The van der Waals surface area contributed by atoms with E-state index in [-0.39, 0.29) is 5.69 Å². The lowest BCUT2D eigenvalue weighted by Crippen LogP contribution is -2.34. The molecule has 2 aromatic rings. The molecule has 0 spiro atoms. The topological polar surface area (TPSA) is 86.4 Å². The number of rotatable bonds is 5. The lowest BCUT2D eigenvalue weighted by molar-refractivity contribution is -0.141. The van der Waals surface area contributed by atoms with E-state index >= 15 is 0 Å². The Morgan fingerprint density at radius 1 is 1.39 bits per heavy atom. The van der Waals surface area contributed by atoms with Crippen molar-refractivity contribution in [3.05, 3.63) is 46.1 Å². The van der Waals surface area contributed by atoms with Crippen molar-refractivity contribution in [2.24, 2.45) is 0 Å². The van der Waals surface area contributed by atoms with E-state index < -0.39 is 12.0 Å². The van der Waals surface area contributed by atoms with E-state index in [2.05, 4.69) is 5.10 Å². The molecule has 0 aliphatic carbocycles. The van der Waals surface area contributed by atoms with Crippen LogP contribution in [0.25, 0.3) is 0 Å². The minimum absolute atomic E-state index is 0.333. The molecule has 23 heavy (non-hydrogen) atoms. The molecule has 122 valence electrons. The summed E-state index contributed by atoms with van der Waals surface area (Å²) in [6.45, 7) is 0.428. The Morgan fingerprint density at radius 2 is 2.13 bits per heavy atom. The predicted octanol–water partition coefficient (Wildman–Crippen LogP) is 1.26. The zero-order valence-electron chi connectivity index (χ0n) is 12.9. The first-order chi connectivity index (χ1) is 11.1. The molecule has 1 aromatic heterocycles. The van der Waals surface area contributed by atoms with Crippen molar-refractivity contribution in [2.75, 3.05) is 7.11 Å². The van der Waals surface area contributed by atoms with E-state index in [1.807, 2.05) is 24.3 Å². The van der Waals surface area contributed by atoms with E-state index in [4.69, 9.17) is 4.74 Å². The first-order valence-corrected chi connectivity index (χ1v) is 7.64. The summed E-state index contributed by atoms with van der Waals surface area (Å²) >= 11 is 0. The fourth-order valence-corrected chi connectivity index (χ4v) is 2.94. The molecule has 1 unspecified atom stereocenters. The molecule has 1 N–H and O–H groups in total. The molecule has 0 bridgehead atoms. The van der Waals surface area contributed by atoms with E-state index in [0.717, 1.165) is 17.7 Å². The zero-order valence-corrected chi connectivity index (χ0v) is 12.9. The second-order valence-corrected chi connectivity index (χ2v) is 5.64. The van der Waals surface area contributed by atoms with Crippen LogP contribution < -0.4 is 10.4 Å². The van der Waals surface area contributed by atoms with Crippen LogP contribution in [-0.4, -0.2) is 32.5 Å². The number of aliphatic carboxylic acids is 1. The van der Waals surface area contributed by atoms with Gasteiger partial charge in [-0.2, -0.15) is 5.10 Å². The lowest BCUT2D eigenvalue weighted by atomic mass is 10.1. The van der Waals surface area contributed by atoms with Crippen molar-refractivity contribution in [1.82, 2.24) is 14.3 Å². The summed E-state index contributed by atoms with van der Waals surface area (Å²) < 4.78 is 7.82. The summed E-state index contributed by atoms with van der Waals surface area (Å²) in [6, 6.07) is 6.84. The number of nitrogens with zero attached hydrogens (tertiary/aromatic N) is 3. The highest BCUT2D eigenvalue weighted by atomic mass is 16.5. The Labute approximate surface area is 133 Å². The highest BCUT2D eigenvalue weighted by Gasteiger charge is 2.29. The number of hydrogen-bond acceptors (Lipinski definition) is 4. The van der Waals surface area contributed by atoms with Crippen molar-refractivity contribution < 1.29 is 14.6 Å². The molecule has 1 aliphatic rings. The van der Waals surface area contributed by atoms with Gasteiger partial charge in [0.1, 0.15) is 17.6 Å². The smallest absolute Gasteiger partial charge is 0.346 e. The second-order valence-electron chi connectivity index (χ2n) is 5.64. The number of carboxylic acid groups (broad SMARTS) is 1.